The van der Waals surface area contributed by atoms with Crippen molar-refractivity contribution in [3.63, 3.8) is 0 Å². The summed E-state index contributed by atoms with van der Waals surface area (Å²) in [6.07, 6.45) is 4.02. The summed E-state index contributed by atoms with van der Waals surface area (Å²) in [7, 11) is 1.73. The number of rotatable bonds is 8. The Hall–Kier alpha value is -1.00. The number of ether oxygens (including phenoxy) is 1. The first kappa shape index (κ1) is 18.1. The van der Waals surface area contributed by atoms with E-state index in [0.29, 0.717) is 0 Å². The van der Waals surface area contributed by atoms with E-state index < -0.39 is 0 Å². The van der Waals surface area contributed by atoms with Crippen LogP contribution in [-0.2, 0) is 17.6 Å². The van der Waals surface area contributed by atoms with E-state index in [9.17, 15) is 0 Å². The van der Waals surface area contributed by atoms with Crippen molar-refractivity contribution < 1.29 is 4.74 Å². The summed E-state index contributed by atoms with van der Waals surface area (Å²) in [6.45, 7) is 12.6. The van der Waals surface area contributed by atoms with Crippen LogP contribution in [-0.4, -0.2) is 35.8 Å². The van der Waals surface area contributed by atoms with Crippen molar-refractivity contribution in [2.45, 2.75) is 65.8 Å². The highest BCUT2D eigenvalue weighted by atomic mass is 16.5. The van der Waals surface area contributed by atoms with Gasteiger partial charge in [-0.25, -0.2) is 9.97 Å². The lowest BCUT2D eigenvalue weighted by molar-refractivity contribution is 0.194. The van der Waals surface area contributed by atoms with Gasteiger partial charge in [0.1, 0.15) is 5.82 Å². The number of hydrogen-bond acceptors (Lipinski definition) is 4. The highest BCUT2D eigenvalue weighted by molar-refractivity contribution is 5.24. The molecule has 4 nitrogen and oxygen atoms in total. The smallest absolute Gasteiger partial charge is 0.128 e. The van der Waals surface area contributed by atoms with Gasteiger partial charge >= 0.3 is 0 Å². The van der Waals surface area contributed by atoms with Crippen molar-refractivity contribution in [1.82, 2.24) is 15.3 Å². The normalized spacial score (nSPS) is 11.9. The Bertz CT molecular complexity index is 415. The lowest BCUT2D eigenvalue weighted by Crippen LogP contribution is -2.36. The Balaban J connectivity index is 2.55. The summed E-state index contributed by atoms with van der Waals surface area (Å²) < 4.78 is 5.08. The van der Waals surface area contributed by atoms with Gasteiger partial charge in [-0.3, -0.25) is 0 Å². The Labute approximate surface area is 129 Å². The molecule has 0 bridgehead atoms. The fraction of sp³-hybridized carbons (Fsp3) is 0.765. The zero-order valence-corrected chi connectivity index (χ0v) is 14.5. The third-order valence-corrected chi connectivity index (χ3v) is 3.47. The van der Waals surface area contributed by atoms with Crippen molar-refractivity contribution in [3.8, 4) is 0 Å². The number of aryl methyl sites for hydroxylation is 3. The van der Waals surface area contributed by atoms with E-state index >= 15 is 0 Å². The zero-order valence-electron chi connectivity index (χ0n) is 14.5. The van der Waals surface area contributed by atoms with Gasteiger partial charge in [0.25, 0.3) is 0 Å². The summed E-state index contributed by atoms with van der Waals surface area (Å²) in [5.41, 5.74) is 3.75. The lowest BCUT2D eigenvalue weighted by Gasteiger charge is -2.20. The van der Waals surface area contributed by atoms with Crippen molar-refractivity contribution >= 4 is 0 Å². The van der Waals surface area contributed by atoms with E-state index in [4.69, 9.17) is 4.74 Å². The molecule has 1 N–H and O–H groups in total. The molecule has 0 saturated heterocycles. The van der Waals surface area contributed by atoms with Crippen molar-refractivity contribution in [2.24, 2.45) is 0 Å². The average Bonchev–Trinajstić information content (AvgIpc) is 2.36. The first-order valence-electron chi connectivity index (χ1n) is 7.90. The summed E-state index contributed by atoms with van der Waals surface area (Å²) in [6, 6.07) is 0. The maximum atomic E-state index is 5.08. The van der Waals surface area contributed by atoms with Gasteiger partial charge in [0.05, 0.1) is 0 Å². The lowest BCUT2D eigenvalue weighted by atomic mass is 10.0. The van der Waals surface area contributed by atoms with Gasteiger partial charge < -0.3 is 10.1 Å². The van der Waals surface area contributed by atoms with Crippen LogP contribution < -0.4 is 5.32 Å². The molecule has 1 aromatic heterocycles. The molecule has 21 heavy (non-hydrogen) atoms. The predicted octanol–water partition coefficient (Wildman–Crippen LogP) is 2.99. The first-order valence-corrected chi connectivity index (χ1v) is 7.90. The molecular weight excluding hydrogens is 262 g/mol. The van der Waals surface area contributed by atoms with Crippen LogP contribution in [0.3, 0.4) is 0 Å². The Morgan fingerprint density at radius 1 is 1.00 bits per heavy atom. The summed E-state index contributed by atoms with van der Waals surface area (Å²) in [4.78, 5) is 9.29. The number of hydrogen-bond donors (Lipinski definition) is 1. The molecule has 0 amide bonds. The molecular formula is C17H31N3O. The Morgan fingerprint density at radius 2 is 1.62 bits per heavy atom. The molecule has 0 aliphatic rings. The van der Waals surface area contributed by atoms with Crippen LogP contribution in [0.5, 0.6) is 0 Å². The highest BCUT2D eigenvalue weighted by Gasteiger charge is 2.10. The third-order valence-electron chi connectivity index (χ3n) is 3.47. The van der Waals surface area contributed by atoms with Crippen molar-refractivity contribution in [3.05, 3.63) is 22.8 Å². The average molecular weight is 293 g/mol. The van der Waals surface area contributed by atoms with E-state index in [0.717, 1.165) is 56.0 Å². The van der Waals surface area contributed by atoms with Gasteiger partial charge in [-0.1, -0.05) is 0 Å². The van der Waals surface area contributed by atoms with Crippen LogP contribution in [0.2, 0.25) is 0 Å². The molecule has 0 fully saturated rings. The molecule has 1 aromatic rings. The summed E-state index contributed by atoms with van der Waals surface area (Å²) in [5.74, 6) is 0.943. The van der Waals surface area contributed by atoms with E-state index in [2.05, 4.69) is 49.9 Å². The first-order chi connectivity index (χ1) is 9.83. The molecule has 4 heteroatoms. The van der Waals surface area contributed by atoms with Gasteiger partial charge in [0.15, 0.2) is 0 Å². The standard InChI is InChI=1S/C17H31N3O/c1-13-15(9-7-11-18-17(3,4)5)14(2)20-16(19-13)10-8-12-21-6/h18H,7-12H2,1-6H3. The van der Waals surface area contributed by atoms with E-state index in [1.54, 1.807) is 7.11 Å². The number of aromatic nitrogens is 2. The molecule has 0 aliphatic carbocycles. The Kier molecular flexibility index (Phi) is 7.26. The van der Waals surface area contributed by atoms with Crippen molar-refractivity contribution in [2.75, 3.05) is 20.3 Å². The molecule has 120 valence electrons. The minimum atomic E-state index is 0.186. The highest BCUT2D eigenvalue weighted by Crippen LogP contribution is 2.13. The largest absolute Gasteiger partial charge is 0.385 e. The SMILES string of the molecule is COCCCc1nc(C)c(CCCNC(C)(C)C)c(C)n1. The van der Waals surface area contributed by atoms with Crippen molar-refractivity contribution in [1.29, 1.82) is 0 Å². The number of nitrogens with one attached hydrogen (secondary N) is 1. The minimum Gasteiger partial charge on any atom is -0.385 e. The summed E-state index contributed by atoms with van der Waals surface area (Å²) >= 11 is 0. The minimum absolute atomic E-state index is 0.186. The third kappa shape index (κ3) is 7.00. The second-order valence-corrected chi connectivity index (χ2v) is 6.67. The second kappa shape index (κ2) is 8.44. The van der Waals surface area contributed by atoms with E-state index in [1.165, 1.54) is 5.56 Å². The molecule has 1 heterocycles. The topological polar surface area (TPSA) is 47.0 Å². The van der Waals surface area contributed by atoms with Crippen LogP contribution in [0, 0.1) is 13.8 Å². The van der Waals surface area contributed by atoms with Crippen LogP contribution in [0.1, 0.15) is 56.4 Å². The fourth-order valence-corrected chi connectivity index (χ4v) is 2.39. The zero-order chi connectivity index (χ0) is 15.9. The fourth-order valence-electron chi connectivity index (χ4n) is 2.39. The molecule has 0 atom stereocenters. The van der Waals surface area contributed by atoms with Crippen LogP contribution >= 0.6 is 0 Å². The molecule has 0 unspecified atom stereocenters. The van der Waals surface area contributed by atoms with Gasteiger partial charge in [-0.15, -0.1) is 0 Å². The van der Waals surface area contributed by atoms with Crippen LogP contribution in [0.15, 0.2) is 0 Å². The molecule has 0 spiro atoms. The predicted molar refractivity (Wildman–Crippen MR) is 87.8 cm³/mol. The van der Waals surface area contributed by atoms with Gasteiger partial charge in [0, 0.05) is 37.1 Å². The number of methoxy groups -OCH3 is 1. The second-order valence-electron chi connectivity index (χ2n) is 6.67. The monoisotopic (exact) mass is 293 g/mol. The maximum Gasteiger partial charge on any atom is 0.128 e. The van der Waals surface area contributed by atoms with E-state index in [1.807, 2.05) is 0 Å². The number of nitrogens with zero attached hydrogens (tertiary/aromatic N) is 2. The quantitative estimate of drug-likeness (QED) is 0.749. The molecule has 0 aliphatic heterocycles. The Morgan fingerprint density at radius 3 is 2.14 bits per heavy atom. The molecule has 0 saturated carbocycles. The van der Waals surface area contributed by atoms with Crippen LogP contribution in [0.25, 0.3) is 0 Å². The van der Waals surface area contributed by atoms with Crippen LogP contribution in [0.4, 0.5) is 0 Å². The molecule has 0 radical (unpaired) electrons. The van der Waals surface area contributed by atoms with E-state index in [-0.39, 0.29) is 5.54 Å². The summed E-state index contributed by atoms with van der Waals surface area (Å²) in [5, 5.41) is 3.52. The van der Waals surface area contributed by atoms with Gasteiger partial charge in [-0.2, -0.15) is 0 Å². The molecule has 0 aromatic carbocycles. The maximum absolute atomic E-state index is 5.08. The van der Waals surface area contributed by atoms with Gasteiger partial charge in [-0.05, 0) is 66.0 Å². The van der Waals surface area contributed by atoms with Gasteiger partial charge in [0.2, 0.25) is 0 Å². The molecule has 1 rings (SSSR count).